The smallest absolute Gasteiger partial charge is 0.274 e. The molecule has 3 aromatic rings. The molecule has 1 aromatic heterocycles. The molecule has 0 saturated heterocycles. The topological polar surface area (TPSA) is 112 Å². The van der Waals surface area contributed by atoms with Crippen LogP contribution in [0.2, 0.25) is 0 Å². The number of carbonyl (C=O) groups excluding carboxylic acids is 1. The Bertz CT molecular complexity index is 1180. The molecule has 0 spiro atoms. The quantitative estimate of drug-likeness (QED) is 0.419. The van der Waals surface area contributed by atoms with Crippen LogP contribution in [0.1, 0.15) is 10.4 Å². The van der Waals surface area contributed by atoms with Crippen molar-refractivity contribution in [2.75, 3.05) is 17.6 Å². The summed E-state index contributed by atoms with van der Waals surface area (Å²) in [5.74, 6) is -3.00. The van der Waals surface area contributed by atoms with E-state index in [0.717, 1.165) is 34.0 Å². The summed E-state index contributed by atoms with van der Waals surface area (Å²) in [5.41, 5.74) is 2.07. The average Bonchev–Trinajstić information content (AvgIpc) is 3.17. The summed E-state index contributed by atoms with van der Waals surface area (Å²) in [4.78, 5) is 10.9. The van der Waals surface area contributed by atoms with Crippen LogP contribution in [0.4, 0.5) is 14.5 Å². The van der Waals surface area contributed by atoms with E-state index in [1.54, 1.807) is 24.3 Å². The van der Waals surface area contributed by atoms with Crippen molar-refractivity contribution < 1.29 is 27.2 Å². The van der Waals surface area contributed by atoms with Crippen molar-refractivity contribution in [2.45, 2.75) is 9.24 Å². The lowest BCUT2D eigenvalue weighted by Crippen LogP contribution is -2.24. The fourth-order valence-corrected chi connectivity index (χ4v) is 4.62. The number of rotatable bonds is 6. The molecular formula is C17H14F2N4O4S3. The highest BCUT2D eigenvalue weighted by Gasteiger charge is 2.19. The van der Waals surface area contributed by atoms with Crippen molar-refractivity contribution in [3.63, 3.8) is 0 Å². The van der Waals surface area contributed by atoms with Crippen LogP contribution in [0.5, 0.6) is 0 Å². The highest BCUT2D eigenvalue weighted by molar-refractivity contribution is 8.01. The van der Waals surface area contributed by atoms with Gasteiger partial charge >= 0.3 is 0 Å². The van der Waals surface area contributed by atoms with Crippen molar-refractivity contribution in [2.24, 2.45) is 0 Å². The van der Waals surface area contributed by atoms with E-state index in [-0.39, 0.29) is 14.8 Å². The Labute approximate surface area is 178 Å². The molecular weight excluding hydrogens is 458 g/mol. The first kappa shape index (κ1) is 22.1. The van der Waals surface area contributed by atoms with Gasteiger partial charge in [-0.05, 0) is 36.4 Å². The second-order valence-corrected chi connectivity index (χ2v) is 10.2. The Hall–Kier alpha value is -2.61. The van der Waals surface area contributed by atoms with Crippen molar-refractivity contribution >= 4 is 44.7 Å². The van der Waals surface area contributed by atoms with Gasteiger partial charge in [-0.1, -0.05) is 23.1 Å². The molecule has 0 bridgehead atoms. The molecule has 0 radical (unpaired) electrons. The molecule has 13 heteroatoms. The maximum Gasteiger partial charge on any atom is 0.274 e. The van der Waals surface area contributed by atoms with E-state index >= 15 is 0 Å². The molecule has 30 heavy (non-hydrogen) atoms. The number of hydrogen-bond donors (Lipinski definition) is 2. The molecule has 8 nitrogen and oxygen atoms in total. The Morgan fingerprint density at radius 1 is 1.17 bits per heavy atom. The predicted molar refractivity (Wildman–Crippen MR) is 108 cm³/mol. The molecule has 0 aliphatic rings. The van der Waals surface area contributed by atoms with Crippen LogP contribution >= 0.6 is 23.1 Å². The molecule has 3 rings (SSSR count). The first-order valence-corrected chi connectivity index (χ1v) is 11.6. The zero-order valence-corrected chi connectivity index (χ0v) is 17.9. The van der Waals surface area contributed by atoms with Gasteiger partial charge < -0.3 is 0 Å². The summed E-state index contributed by atoms with van der Waals surface area (Å²) in [5, 5.41) is 17.0. The van der Waals surface area contributed by atoms with E-state index < -0.39 is 27.6 Å². The van der Waals surface area contributed by atoms with Gasteiger partial charge in [-0.3, -0.25) is 14.3 Å². The number of hydrogen-bond acceptors (Lipinski definition) is 8. The molecule has 0 aliphatic heterocycles. The Morgan fingerprint density at radius 2 is 1.77 bits per heavy atom. The second-order valence-electron chi connectivity index (χ2n) is 5.96. The molecule has 0 unspecified atom stereocenters. The van der Waals surface area contributed by atoms with Crippen molar-refractivity contribution in [3.05, 3.63) is 53.6 Å². The molecule has 0 fully saturated rings. The van der Waals surface area contributed by atoms with Crippen LogP contribution in [0.3, 0.4) is 0 Å². The molecule has 0 aliphatic carbocycles. The largest absolute Gasteiger partial charge is 0.288 e. The number of halogens is 2. The number of carbonyl (C=O) groups is 1. The van der Waals surface area contributed by atoms with Crippen molar-refractivity contribution in [3.8, 4) is 10.6 Å². The van der Waals surface area contributed by atoms with Gasteiger partial charge in [-0.15, -0.1) is 10.2 Å². The first-order chi connectivity index (χ1) is 14.1. The third-order valence-corrected chi connectivity index (χ3v) is 7.26. The van der Waals surface area contributed by atoms with Crippen molar-refractivity contribution in [1.82, 2.24) is 15.7 Å². The van der Waals surface area contributed by atoms with E-state index in [0.29, 0.717) is 28.0 Å². The molecule has 1 heterocycles. The Balaban J connectivity index is 1.81. The Kier molecular flexibility index (Phi) is 6.36. The van der Waals surface area contributed by atoms with Crippen LogP contribution in [-0.4, -0.2) is 43.0 Å². The number of nitrogens with one attached hydrogen (secondary N) is 1. The zero-order valence-electron chi connectivity index (χ0n) is 15.5. The Morgan fingerprint density at radius 3 is 2.30 bits per heavy atom. The maximum absolute atomic E-state index is 14.2. The van der Waals surface area contributed by atoms with Gasteiger partial charge in [-0.2, -0.15) is 0 Å². The van der Waals surface area contributed by atoms with Crippen LogP contribution in [0, 0.1) is 11.6 Å². The van der Waals surface area contributed by atoms with Gasteiger partial charge in [0.15, 0.2) is 4.34 Å². The van der Waals surface area contributed by atoms with E-state index in [1.165, 1.54) is 12.5 Å². The minimum atomic E-state index is -3.39. The van der Waals surface area contributed by atoms with E-state index in [2.05, 4.69) is 10.2 Å². The lowest BCUT2D eigenvalue weighted by atomic mass is 10.2. The number of hydroxylamine groups is 1. The molecule has 2 N–H and O–H groups in total. The third-order valence-electron chi connectivity index (χ3n) is 3.93. The number of amides is 1. The maximum atomic E-state index is 14.2. The molecule has 0 atom stereocenters. The minimum absolute atomic E-state index is 0.263. The van der Waals surface area contributed by atoms with Crippen LogP contribution in [0.25, 0.3) is 10.6 Å². The van der Waals surface area contributed by atoms with Crippen LogP contribution < -0.4 is 9.79 Å². The van der Waals surface area contributed by atoms with Crippen LogP contribution in [0.15, 0.2) is 45.6 Å². The minimum Gasteiger partial charge on any atom is -0.288 e. The number of nitrogens with zero attached hydrogens (tertiary/aromatic N) is 3. The first-order valence-electron chi connectivity index (χ1n) is 8.09. The number of sulfonamides is 1. The van der Waals surface area contributed by atoms with E-state index in [9.17, 15) is 22.0 Å². The normalized spacial score (nSPS) is 11.4. The summed E-state index contributed by atoms with van der Waals surface area (Å²) in [6, 6.07) is 8.14. The van der Waals surface area contributed by atoms with Gasteiger partial charge in [0.05, 0.1) is 16.8 Å². The summed E-state index contributed by atoms with van der Waals surface area (Å²) in [6.45, 7) is 0. The average molecular weight is 473 g/mol. The van der Waals surface area contributed by atoms with E-state index in [1.807, 2.05) is 0 Å². The summed E-state index contributed by atoms with van der Waals surface area (Å²) in [6.07, 6.45) is 1.09. The van der Waals surface area contributed by atoms with E-state index in [4.69, 9.17) is 5.21 Å². The fraction of sp³-hybridized carbons (Fsp3) is 0.118. The zero-order chi connectivity index (χ0) is 22.1. The molecule has 158 valence electrons. The molecule has 0 saturated carbocycles. The number of aromatic nitrogens is 2. The monoisotopic (exact) mass is 472 g/mol. The van der Waals surface area contributed by atoms with Gasteiger partial charge in [-0.25, -0.2) is 22.7 Å². The number of benzene rings is 2. The lowest BCUT2D eigenvalue weighted by Gasteiger charge is -2.16. The summed E-state index contributed by atoms with van der Waals surface area (Å²) < 4.78 is 53.0. The van der Waals surface area contributed by atoms with Crippen LogP contribution in [-0.2, 0) is 10.0 Å². The lowest BCUT2D eigenvalue weighted by molar-refractivity contribution is 0.0705. The molecule has 1 amide bonds. The number of anilines is 1. The van der Waals surface area contributed by atoms with Gasteiger partial charge in [0.25, 0.3) is 5.91 Å². The highest BCUT2D eigenvalue weighted by atomic mass is 32.2. The second kappa shape index (κ2) is 8.63. The highest BCUT2D eigenvalue weighted by Crippen LogP contribution is 2.37. The van der Waals surface area contributed by atoms with Gasteiger partial charge in [0.2, 0.25) is 10.0 Å². The third kappa shape index (κ3) is 4.75. The fourth-order valence-electron chi connectivity index (χ4n) is 2.31. The standard InChI is InChI=1S/C17H14F2N4O4S3/c1-23(30(2,26)27)11-5-3-9(4-6-11)16-20-21-17(29-16)28-14-12(18)7-10(8-13(14)19)15(24)22-25/h3-8,25H,1-2H3,(H,22,24). The summed E-state index contributed by atoms with van der Waals surface area (Å²) >= 11 is 1.80. The molecule has 2 aromatic carbocycles. The van der Waals surface area contributed by atoms with Gasteiger partial charge in [0.1, 0.15) is 16.6 Å². The van der Waals surface area contributed by atoms with Gasteiger partial charge in [0, 0.05) is 18.2 Å². The predicted octanol–water partition coefficient (Wildman–Crippen LogP) is 3.15. The van der Waals surface area contributed by atoms with Crippen molar-refractivity contribution in [1.29, 1.82) is 0 Å². The summed E-state index contributed by atoms with van der Waals surface area (Å²) in [7, 11) is -1.95. The SMILES string of the molecule is CN(c1ccc(-c2nnc(Sc3c(F)cc(C(=O)NO)cc3F)s2)cc1)S(C)(=O)=O.